The van der Waals surface area contributed by atoms with Crippen molar-refractivity contribution in [2.24, 2.45) is 11.1 Å². The highest BCUT2D eigenvalue weighted by Gasteiger charge is 2.44. The fourth-order valence-corrected chi connectivity index (χ4v) is 4.66. The molecular formula is C25H24N4O4. The summed E-state index contributed by atoms with van der Waals surface area (Å²) in [5.41, 5.74) is 9.09. The van der Waals surface area contributed by atoms with Crippen LogP contribution >= 0.6 is 0 Å². The SMILES string of the molecule is COc1ccc(N2C(N)=C(C#N)[C@@H](c3ccc([N+](=O)[O-])cc3)C3=C2CC(C)(C)CC3=O)cc1. The summed E-state index contributed by atoms with van der Waals surface area (Å²) >= 11 is 0. The van der Waals surface area contributed by atoms with E-state index in [-0.39, 0.29) is 28.3 Å². The number of nitrogens with zero attached hydrogens (tertiary/aromatic N) is 3. The lowest BCUT2D eigenvalue weighted by Crippen LogP contribution is -2.42. The van der Waals surface area contributed by atoms with Gasteiger partial charge in [-0.15, -0.1) is 0 Å². The molecule has 0 saturated heterocycles. The Morgan fingerprint density at radius 1 is 1.15 bits per heavy atom. The van der Waals surface area contributed by atoms with Gasteiger partial charge in [-0.3, -0.25) is 19.8 Å². The second-order valence-corrected chi connectivity index (χ2v) is 9.03. The molecule has 0 radical (unpaired) electrons. The van der Waals surface area contributed by atoms with Crippen LogP contribution in [0.25, 0.3) is 0 Å². The Labute approximate surface area is 191 Å². The molecule has 0 spiro atoms. The molecule has 1 heterocycles. The first-order valence-electron chi connectivity index (χ1n) is 10.5. The monoisotopic (exact) mass is 444 g/mol. The lowest BCUT2D eigenvalue weighted by molar-refractivity contribution is -0.384. The topological polar surface area (TPSA) is 122 Å². The van der Waals surface area contributed by atoms with E-state index < -0.39 is 10.8 Å². The molecule has 2 aromatic rings. The number of non-ortho nitro benzene ring substituents is 1. The molecule has 8 nitrogen and oxygen atoms in total. The molecule has 2 aromatic carbocycles. The summed E-state index contributed by atoms with van der Waals surface area (Å²) in [5.74, 6) is 0.194. The number of carbonyl (C=O) groups excluding carboxylic acids is 1. The van der Waals surface area contributed by atoms with Crippen molar-refractivity contribution in [3.8, 4) is 11.8 Å². The van der Waals surface area contributed by atoms with E-state index in [1.54, 1.807) is 36.3 Å². The van der Waals surface area contributed by atoms with Gasteiger partial charge in [0.25, 0.3) is 5.69 Å². The van der Waals surface area contributed by atoms with E-state index in [1.165, 1.54) is 12.1 Å². The fraction of sp³-hybridized carbons (Fsp3) is 0.280. The second kappa shape index (κ2) is 8.10. The second-order valence-electron chi connectivity index (χ2n) is 9.03. The van der Waals surface area contributed by atoms with Crippen molar-refractivity contribution >= 4 is 17.2 Å². The largest absolute Gasteiger partial charge is 0.497 e. The first-order chi connectivity index (χ1) is 15.7. The zero-order valence-electron chi connectivity index (χ0n) is 18.7. The van der Waals surface area contributed by atoms with Gasteiger partial charge in [0.2, 0.25) is 0 Å². The lowest BCUT2D eigenvalue weighted by Gasteiger charge is -2.43. The maximum absolute atomic E-state index is 13.5. The van der Waals surface area contributed by atoms with E-state index in [1.807, 2.05) is 26.0 Å². The van der Waals surface area contributed by atoms with Crippen LogP contribution < -0.4 is 15.4 Å². The summed E-state index contributed by atoms with van der Waals surface area (Å²) in [6.45, 7) is 4.06. The third-order valence-electron chi connectivity index (χ3n) is 6.15. The summed E-state index contributed by atoms with van der Waals surface area (Å²) in [4.78, 5) is 25.9. The first kappa shape index (κ1) is 22.1. The standard InChI is InChI=1S/C25H24N4O4/c1-25(2)12-20-23(21(30)13-25)22(15-4-6-17(7-5-15)29(31)32)19(14-26)24(27)28(20)16-8-10-18(33-3)11-9-16/h4-11,22H,12-13,27H2,1-3H3/t22-/m1/s1. The van der Waals surface area contributed by atoms with E-state index in [4.69, 9.17) is 10.5 Å². The van der Waals surface area contributed by atoms with Crippen molar-refractivity contribution in [2.45, 2.75) is 32.6 Å². The highest BCUT2D eigenvalue weighted by molar-refractivity contribution is 6.01. The number of hydrogen-bond donors (Lipinski definition) is 1. The number of nitro benzene ring substituents is 1. The number of hydrogen-bond acceptors (Lipinski definition) is 7. The maximum Gasteiger partial charge on any atom is 0.269 e. The number of anilines is 1. The Kier molecular flexibility index (Phi) is 5.42. The molecule has 0 unspecified atom stereocenters. The van der Waals surface area contributed by atoms with Crippen LogP contribution in [0.1, 0.15) is 38.2 Å². The molecule has 1 aliphatic carbocycles. The average molecular weight is 444 g/mol. The molecule has 168 valence electrons. The smallest absolute Gasteiger partial charge is 0.269 e. The summed E-state index contributed by atoms with van der Waals surface area (Å²) < 4.78 is 5.26. The van der Waals surface area contributed by atoms with Gasteiger partial charge in [0.05, 0.1) is 29.6 Å². The van der Waals surface area contributed by atoms with E-state index in [0.29, 0.717) is 29.7 Å². The van der Waals surface area contributed by atoms with E-state index in [2.05, 4.69) is 6.07 Å². The fourth-order valence-electron chi connectivity index (χ4n) is 4.66. The molecule has 1 aliphatic heterocycles. The lowest BCUT2D eigenvalue weighted by atomic mass is 9.68. The number of nitrogens with two attached hydrogens (primary N) is 1. The van der Waals surface area contributed by atoms with Crippen LogP contribution in [0.15, 0.2) is 71.2 Å². The molecule has 8 heteroatoms. The molecule has 33 heavy (non-hydrogen) atoms. The van der Waals surface area contributed by atoms with Crippen molar-refractivity contribution in [3.05, 3.63) is 86.9 Å². The minimum Gasteiger partial charge on any atom is -0.497 e. The average Bonchev–Trinajstić information content (AvgIpc) is 2.78. The Bertz CT molecular complexity index is 1230. The molecule has 4 rings (SSSR count). The molecule has 1 atom stereocenters. The number of ketones is 1. The van der Waals surface area contributed by atoms with Crippen molar-refractivity contribution < 1.29 is 14.5 Å². The number of ether oxygens (including phenoxy) is 1. The zero-order valence-corrected chi connectivity index (χ0v) is 18.7. The number of Topliss-reactive ketones (excluding diaryl/α,β-unsaturated/α-hetero) is 1. The number of methoxy groups -OCH3 is 1. The Balaban J connectivity index is 1.94. The number of rotatable bonds is 4. The molecule has 0 saturated carbocycles. The van der Waals surface area contributed by atoms with Crippen LogP contribution in [0.4, 0.5) is 11.4 Å². The maximum atomic E-state index is 13.5. The van der Waals surface area contributed by atoms with E-state index >= 15 is 0 Å². The van der Waals surface area contributed by atoms with Gasteiger partial charge >= 0.3 is 0 Å². The van der Waals surface area contributed by atoms with Crippen molar-refractivity contribution in [2.75, 3.05) is 12.0 Å². The Morgan fingerprint density at radius 2 is 1.79 bits per heavy atom. The van der Waals surface area contributed by atoms with Crippen LogP contribution in [-0.4, -0.2) is 17.8 Å². The highest BCUT2D eigenvalue weighted by Crippen LogP contribution is 2.50. The normalized spacial score (nSPS) is 19.8. The molecule has 0 fully saturated rings. The Hall–Kier alpha value is -4.12. The van der Waals surface area contributed by atoms with E-state index in [0.717, 1.165) is 11.4 Å². The zero-order chi connectivity index (χ0) is 23.9. The summed E-state index contributed by atoms with van der Waals surface area (Å²) in [7, 11) is 1.58. The molecule has 0 amide bonds. The minimum atomic E-state index is -0.677. The van der Waals surface area contributed by atoms with Crippen LogP contribution in [0.5, 0.6) is 5.75 Å². The summed E-state index contributed by atoms with van der Waals surface area (Å²) in [5, 5.41) is 21.2. The van der Waals surface area contributed by atoms with Gasteiger partial charge < -0.3 is 10.5 Å². The van der Waals surface area contributed by atoms with Crippen LogP contribution in [0, 0.1) is 26.9 Å². The molecule has 2 N–H and O–H groups in total. The third-order valence-corrected chi connectivity index (χ3v) is 6.15. The van der Waals surface area contributed by atoms with Gasteiger partial charge in [0.15, 0.2) is 5.78 Å². The van der Waals surface area contributed by atoms with Crippen LogP contribution in [0.2, 0.25) is 0 Å². The van der Waals surface area contributed by atoms with Gasteiger partial charge in [0, 0.05) is 35.5 Å². The molecule has 0 bridgehead atoms. The van der Waals surface area contributed by atoms with Gasteiger partial charge in [-0.25, -0.2) is 0 Å². The third kappa shape index (κ3) is 3.82. The number of nitriles is 1. The molecule has 2 aliphatic rings. The number of allylic oxidation sites excluding steroid dienone is 3. The van der Waals surface area contributed by atoms with Gasteiger partial charge in [-0.2, -0.15) is 5.26 Å². The van der Waals surface area contributed by atoms with Gasteiger partial charge in [-0.05, 0) is 41.7 Å². The summed E-state index contributed by atoms with van der Waals surface area (Å²) in [6.07, 6.45) is 0.924. The first-order valence-corrected chi connectivity index (χ1v) is 10.5. The number of benzene rings is 2. The van der Waals surface area contributed by atoms with Gasteiger partial charge in [-0.1, -0.05) is 26.0 Å². The van der Waals surface area contributed by atoms with E-state index in [9.17, 15) is 20.2 Å². The Morgan fingerprint density at radius 3 is 2.33 bits per heavy atom. The van der Waals surface area contributed by atoms with Crippen molar-refractivity contribution in [3.63, 3.8) is 0 Å². The van der Waals surface area contributed by atoms with Crippen LogP contribution in [-0.2, 0) is 4.79 Å². The molecular weight excluding hydrogens is 420 g/mol. The highest BCUT2D eigenvalue weighted by atomic mass is 16.6. The summed E-state index contributed by atoms with van der Waals surface area (Å²) in [6, 6.07) is 15.4. The number of nitro groups is 1. The van der Waals surface area contributed by atoms with Crippen molar-refractivity contribution in [1.82, 2.24) is 0 Å². The quantitative estimate of drug-likeness (QED) is 0.542. The minimum absolute atomic E-state index is 0.0524. The van der Waals surface area contributed by atoms with Gasteiger partial charge in [0.1, 0.15) is 11.6 Å². The predicted molar refractivity (Wildman–Crippen MR) is 123 cm³/mol. The predicted octanol–water partition coefficient (Wildman–Crippen LogP) is 4.54. The van der Waals surface area contributed by atoms with Crippen molar-refractivity contribution in [1.29, 1.82) is 5.26 Å². The molecule has 0 aromatic heterocycles. The number of carbonyl (C=O) groups is 1. The van der Waals surface area contributed by atoms with Crippen LogP contribution in [0.3, 0.4) is 0 Å².